The molecule has 4 aromatic heterocycles. The number of piperidine rings is 1. The van der Waals surface area contributed by atoms with Gasteiger partial charge in [-0.3, -0.25) is 9.48 Å². The van der Waals surface area contributed by atoms with Crippen LogP contribution in [0, 0.1) is 29.9 Å². The molecule has 0 aliphatic carbocycles. The fourth-order valence-corrected chi connectivity index (χ4v) is 5.44. The molecule has 35 heavy (non-hydrogen) atoms. The van der Waals surface area contributed by atoms with Crippen molar-refractivity contribution in [1.82, 2.24) is 29.3 Å². The number of rotatable bonds is 4. The molecule has 1 amide bonds. The third-order valence-electron chi connectivity index (χ3n) is 6.22. The van der Waals surface area contributed by atoms with Crippen molar-refractivity contribution in [2.75, 3.05) is 13.1 Å². The summed E-state index contributed by atoms with van der Waals surface area (Å²) in [6, 6.07) is 4.80. The molecule has 0 aromatic carbocycles. The van der Waals surface area contributed by atoms with Crippen molar-refractivity contribution >= 4 is 23.2 Å². The van der Waals surface area contributed by atoms with Crippen LogP contribution in [0.15, 0.2) is 46.8 Å². The van der Waals surface area contributed by atoms with Gasteiger partial charge in [0.25, 0.3) is 0 Å². The molecular formula is C24H21F2N7OS. The Morgan fingerprint density at radius 1 is 1.23 bits per heavy atom. The van der Waals surface area contributed by atoms with Gasteiger partial charge < -0.3 is 4.90 Å². The Balaban J connectivity index is 1.57. The van der Waals surface area contributed by atoms with Gasteiger partial charge in [-0.05, 0) is 25.8 Å². The average molecular weight is 494 g/mol. The van der Waals surface area contributed by atoms with Crippen LogP contribution in [-0.4, -0.2) is 48.3 Å². The number of hydrogen-bond donors (Lipinski definition) is 0. The van der Waals surface area contributed by atoms with E-state index in [-0.39, 0.29) is 17.0 Å². The predicted molar refractivity (Wildman–Crippen MR) is 125 cm³/mol. The van der Waals surface area contributed by atoms with Crippen LogP contribution in [0.4, 0.5) is 8.78 Å². The summed E-state index contributed by atoms with van der Waals surface area (Å²) in [6.45, 7) is 4.91. The van der Waals surface area contributed by atoms with E-state index < -0.39 is 11.6 Å². The quantitative estimate of drug-likeness (QED) is 0.419. The van der Waals surface area contributed by atoms with Gasteiger partial charge in [-0.2, -0.15) is 15.5 Å². The van der Waals surface area contributed by atoms with E-state index in [0.717, 1.165) is 60.2 Å². The monoisotopic (exact) mass is 493 g/mol. The molecule has 5 rings (SSSR count). The number of carbonyl (C=O) groups is 1. The molecule has 0 unspecified atom stereocenters. The lowest BCUT2D eigenvalue weighted by atomic mass is 10.0. The molecule has 0 spiro atoms. The summed E-state index contributed by atoms with van der Waals surface area (Å²) in [4.78, 5) is 18.2. The number of nitriles is 1. The molecule has 0 radical (unpaired) electrons. The van der Waals surface area contributed by atoms with Crippen LogP contribution >= 0.6 is 11.8 Å². The van der Waals surface area contributed by atoms with Crippen molar-refractivity contribution in [2.24, 2.45) is 0 Å². The van der Waals surface area contributed by atoms with Gasteiger partial charge in [0, 0.05) is 54.0 Å². The average Bonchev–Trinajstić information content (AvgIpc) is 3.44. The maximum absolute atomic E-state index is 14.4. The Hall–Kier alpha value is -3.78. The molecule has 4 aromatic rings. The van der Waals surface area contributed by atoms with E-state index in [4.69, 9.17) is 0 Å². The second-order valence-corrected chi connectivity index (χ2v) is 9.48. The number of amides is 1. The van der Waals surface area contributed by atoms with Gasteiger partial charge in [0.1, 0.15) is 16.9 Å². The van der Waals surface area contributed by atoms with Gasteiger partial charge in [-0.25, -0.2) is 18.3 Å². The lowest BCUT2D eigenvalue weighted by Crippen LogP contribution is -2.39. The van der Waals surface area contributed by atoms with Crippen molar-refractivity contribution < 1.29 is 13.6 Å². The number of fused-ring (bicyclic) bond motifs is 1. The highest BCUT2D eigenvalue weighted by Gasteiger charge is 2.26. The number of likely N-dealkylation sites (tertiary alicyclic amines) is 1. The van der Waals surface area contributed by atoms with Gasteiger partial charge in [0.2, 0.25) is 5.91 Å². The zero-order chi connectivity index (χ0) is 24.7. The normalized spacial score (nSPS) is 16.0. The molecule has 1 aliphatic heterocycles. The molecule has 1 fully saturated rings. The van der Waals surface area contributed by atoms with Crippen LogP contribution in [0.1, 0.15) is 37.1 Å². The summed E-state index contributed by atoms with van der Waals surface area (Å²) < 4.78 is 31.3. The summed E-state index contributed by atoms with van der Waals surface area (Å²) in [5.74, 6) is -1.49. The summed E-state index contributed by atoms with van der Waals surface area (Å²) in [5, 5.41) is 18.5. The van der Waals surface area contributed by atoms with E-state index >= 15 is 0 Å². The second kappa shape index (κ2) is 9.11. The van der Waals surface area contributed by atoms with Crippen molar-refractivity contribution in [1.29, 1.82) is 5.26 Å². The summed E-state index contributed by atoms with van der Waals surface area (Å²) in [7, 11) is 0. The van der Waals surface area contributed by atoms with Crippen molar-refractivity contribution in [3.05, 3.63) is 59.8 Å². The minimum atomic E-state index is -0.784. The molecule has 5 heterocycles. The van der Waals surface area contributed by atoms with E-state index in [1.54, 1.807) is 23.8 Å². The molecule has 0 saturated carbocycles. The molecule has 0 bridgehead atoms. The SMILES string of the molecule is CC(=O)N1CCC[C@H](n2ncc(-c3cc(Sc4ncc(F)cc4F)c4c(C#N)cnn4c3)c2C)C1. The van der Waals surface area contributed by atoms with Gasteiger partial charge in [0.05, 0.1) is 35.7 Å². The van der Waals surface area contributed by atoms with E-state index in [9.17, 15) is 18.8 Å². The fourth-order valence-electron chi connectivity index (χ4n) is 4.49. The Morgan fingerprint density at radius 2 is 2.06 bits per heavy atom. The zero-order valence-electron chi connectivity index (χ0n) is 19.1. The number of pyridine rings is 2. The predicted octanol–water partition coefficient (Wildman–Crippen LogP) is 4.39. The highest BCUT2D eigenvalue weighted by molar-refractivity contribution is 7.99. The van der Waals surface area contributed by atoms with Crippen LogP contribution in [0.2, 0.25) is 0 Å². The zero-order valence-corrected chi connectivity index (χ0v) is 19.9. The second-order valence-electron chi connectivity index (χ2n) is 8.45. The Kier molecular flexibility index (Phi) is 5.98. The minimum Gasteiger partial charge on any atom is -0.341 e. The standard InChI is InChI=1S/C24H21F2N7OS/c1-14-20(11-30-33(14)19-4-3-5-31(13-19)15(2)34)16-6-22(23-17(8-27)9-29-32(23)12-16)35-24-21(26)7-18(25)10-28-24/h6-7,9-12,19H,3-5,13H2,1-2H3/t19-/m0/s1. The van der Waals surface area contributed by atoms with Crippen LogP contribution in [-0.2, 0) is 4.79 Å². The number of aromatic nitrogens is 5. The van der Waals surface area contributed by atoms with E-state index in [2.05, 4.69) is 21.3 Å². The maximum atomic E-state index is 14.4. The van der Waals surface area contributed by atoms with Crippen LogP contribution < -0.4 is 0 Å². The van der Waals surface area contributed by atoms with Crippen LogP contribution in [0.25, 0.3) is 16.6 Å². The van der Waals surface area contributed by atoms with E-state index in [1.807, 2.05) is 22.6 Å². The van der Waals surface area contributed by atoms with Gasteiger partial charge in [-0.1, -0.05) is 11.8 Å². The summed E-state index contributed by atoms with van der Waals surface area (Å²) >= 11 is 1.00. The first-order valence-electron chi connectivity index (χ1n) is 11.1. The van der Waals surface area contributed by atoms with Crippen LogP contribution in [0.5, 0.6) is 0 Å². The largest absolute Gasteiger partial charge is 0.341 e. The first-order chi connectivity index (χ1) is 16.9. The lowest BCUT2D eigenvalue weighted by Gasteiger charge is -2.32. The molecule has 178 valence electrons. The van der Waals surface area contributed by atoms with E-state index in [1.165, 1.54) is 6.20 Å². The molecule has 1 aliphatic rings. The third kappa shape index (κ3) is 4.25. The van der Waals surface area contributed by atoms with Crippen molar-refractivity contribution in [3.8, 4) is 17.2 Å². The molecular weight excluding hydrogens is 472 g/mol. The summed E-state index contributed by atoms with van der Waals surface area (Å²) in [5.41, 5.74) is 3.41. The lowest BCUT2D eigenvalue weighted by molar-refractivity contribution is -0.130. The van der Waals surface area contributed by atoms with Crippen molar-refractivity contribution in [3.63, 3.8) is 0 Å². The first kappa shape index (κ1) is 23.0. The summed E-state index contributed by atoms with van der Waals surface area (Å²) in [6.07, 6.45) is 7.80. The topological polar surface area (TPSA) is 92.1 Å². The molecule has 11 heteroatoms. The molecule has 1 atom stereocenters. The smallest absolute Gasteiger partial charge is 0.219 e. The van der Waals surface area contributed by atoms with Crippen molar-refractivity contribution in [2.45, 2.75) is 42.7 Å². The Morgan fingerprint density at radius 3 is 2.80 bits per heavy atom. The molecule has 1 saturated heterocycles. The van der Waals surface area contributed by atoms with Gasteiger partial charge in [0.15, 0.2) is 5.82 Å². The Bertz CT molecular complexity index is 1490. The third-order valence-corrected chi connectivity index (χ3v) is 7.25. The fraction of sp³-hybridized carbons (Fsp3) is 0.292. The molecule has 0 N–H and O–H groups in total. The highest BCUT2D eigenvalue weighted by Crippen LogP contribution is 2.37. The minimum absolute atomic E-state index is 0.00510. The molecule has 8 nitrogen and oxygen atoms in total. The number of hydrogen-bond acceptors (Lipinski definition) is 6. The number of halogens is 2. The van der Waals surface area contributed by atoms with Gasteiger partial charge in [-0.15, -0.1) is 0 Å². The maximum Gasteiger partial charge on any atom is 0.219 e. The van der Waals surface area contributed by atoms with Crippen LogP contribution in [0.3, 0.4) is 0 Å². The number of nitrogens with zero attached hydrogens (tertiary/aromatic N) is 7. The Labute approximate surface area is 204 Å². The van der Waals surface area contributed by atoms with Gasteiger partial charge >= 0.3 is 0 Å². The number of carbonyl (C=O) groups excluding carboxylic acids is 1. The first-order valence-corrected chi connectivity index (χ1v) is 11.9. The van der Waals surface area contributed by atoms with E-state index in [0.29, 0.717) is 22.5 Å². The highest BCUT2D eigenvalue weighted by atomic mass is 32.2.